The molecule has 4 rings (SSSR count). The van der Waals surface area contributed by atoms with Crippen molar-refractivity contribution < 1.29 is 22.5 Å². The lowest BCUT2D eigenvalue weighted by molar-refractivity contribution is -0.137. The monoisotopic (exact) mass is 437 g/mol. The van der Waals surface area contributed by atoms with E-state index in [1.54, 1.807) is 20.0 Å². The van der Waals surface area contributed by atoms with Gasteiger partial charge in [0, 0.05) is 25.5 Å². The van der Waals surface area contributed by atoms with Crippen molar-refractivity contribution in [1.29, 1.82) is 0 Å². The van der Waals surface area contributed by atoms with Gasteiger partial charge in [-0.3, -0.25) is 4.79 Å². The number of nitrogens with two attached hydrogens (primary N) is 1. The predicted molar refractivity (Wildman–Crippen MR) is 104 cm³/mol. The second kappa shape index (κ2) is 6.95. The van der Waals surface area contributed by atoms with Crippen molar-refractivity contribution in [2.45, 2.75) is 36.3 Å². The summed E-state index contributed by atoms with van der Waals surface area (Å²) >= 11 is -1.45. The maximum absolute atomic E-state index is 13.0. The quantitative estimate of drug-likeness (QED) is 0.617. The van der Waals surface area contributed by atoms with Gasteiger partial charge in [-0.15, -0.1) is 0 Å². The summed E-state index contributed by atoms with van der Waals surface area (Å²) < 4.78 is 53.3. The van der Waals surface area contributed by atoms with Gasteiger partial charge in [-0.05, 0) is 42.6 Å². The van der Waals surface area contributed by atoms with Crippen LogP contribution in [0.5, 0.6) is 0 Å². The van der Waals surface area contributed by atoms with E-state index in [4.69, 9.17) is 5.73 Å². The third kappa shape index (κ3) is 3.21. The molecule has 0 aliphatic heterocycles. The Morgan fingerprint density at radius 1 is 1.30 bits per heavy atom. The van der Waals surface area contributed by atoms with Gasteiger partial charge in [0.15, 0.2) is 22.1 Å². The molecule has 3 heterocycles. The van der Waals surface area contributed by atoms with Crippen molar-refractivity contribution in [2.75, 3.05) is 5.75 Å². The Morgan fingerprint density at radius 2 is 2.00 bits per heavy atom. The van der Waals surface area contributed by atoms with Crippen molar-refractivity contribution >= 4 is 28.2 Å². The first-order chi connectivity index (χ1) is 14.1. The highest BCUT2D eigenvalue weighted by Gasteiger charge is 2.51. The first kappa shape index (κ1) is 20.6. The number of fused-ring (bicyclic) bond motifs is 1. The molecule has 1 unspecified atom stereocenters. The average molecular weight is 437 g/mol. The van der Waals surface area contributed by atoms with Gasteiger partial charge in [-0.25, -0.2) is 15.0 Å². The zero-order valence-electron chi connectivity index (χ0n) is 16.2. The summed E-state index contributed by atoms with van der Waals surface area (Å²) in [6, 6.07) is 2.57. The highest BCUT2D eigenvalue weighted by molar-refractivity contribution is 7.91. The van der Waals surface area contributed by atoms with Gasteiger partial charge in [0.25, 0.3) is 0 Å². The molecule has 3 aromatic rings. The van der Waals surface area contributed by atoms with Crippen molar-refractivity contribution in [3.05, 3.63) is 35.7 Å². The minimum absolute atomic E-state index is 0.0530. The number of rotatable bonds is 5. The lowest BCUT2D eigenvalue weighted by Gasteiger charge is -2.16. The first-order valence-electron chi connectivity index (χ1n) is 9.17. The Bertz CT molecular complexity index is 1160. The Morgan fingerprint density at radius 3 is 2.57 bits per heavy atom. The summed E-state index contributed by atoms with van der Waals surface area (Å²) in [5, 5.41) is 0. The summed E-state index contributed by atoms with van der Waals surface area (Å²) in [5.41, 5.74) is 4.99. The van der Waals surface area contributed by atoms with Crippen LogP contribution in [0.15, 0.2) is 29.4 Å². The molecular formula is C19H18F3N5O2S. The van der Waals surface area contributed by atoms with Crippen LogP contribution in [0.1, 0.15) is 30.9 Å². The molecule has 0 radical (unpaired) electrons. The summed E-state index contributed by atoms with van der Waals surface area (Å²) in [5.74, 6) is 0.0725. The molecule has 1 amide bonds. The molecule has 3 aromatic heterocycles. The normalized spacial score (nSPS) is 16.6. The van der Waals surface area contributed by atoms with Crippen molar-refractivity contribution in [2.24, 2.45) is 12.8 Å². The molecule has 0 saturated heterocycles. The standard InChI is InChI=1S/C19H18F3N5O2S/c1-3-30(29)13-7-10(18(4-5-18)17(23)28)8-24-14(13)16-26-12-6-11(19(20,21)22)9-25-15(12)27(16)2/h6-9H,3-5H2,1-2H3,(H2,23,28). The van der Waals surface area contributed by atoms with E-state index in [-0.39, 0.29) is 22.7 Å². The van der Waals surface area contributed by atoms with Crippen LogP contribution in [0, 0.1) is 0 Å². The Hall–Kier alpha value is -2.66. The number of carbonyl (C=O) groups is 1. The minimum Gasteiger partial charge on any atom is -0.611 e. The number of hydrogen-bond acceptors (Lipinski definition) is 5. The summed E-state index contributed by atoms with van der Waals surface area (Å²) in [6.07, 6.45) is -1.10. The van der Waals surface area contributed by atoms with E-state index in [0.717, 1.165) is 12.3 Å². The molecule has 1 saturated carbocycles. The van der Waals surface area contributed by atoms with Crippen LogP contribution in [0.4, 0.5) is 13.2 Å². The summed E-state index contributed by atoms with van der Waals surface area (Å²) in [4.78, 5) is 24.8. The average Bonchev–Trinajstić information content (AvgIpc) is 3.46. The highest BCUT2D eigenvalue weighted by Crippen LogP contribution is 2.48. The minimum atomic E-state index is -4.54. The van der Waals surface area contributed by atoms with E-state index in [0.29, 0.717) is 29.1 Å². The van der Waals surface area contributed by atoms with Crippen LogP contribution in [-0.2, 0) is 34.6 Å². The smallest absolute Gasteiger partial charge is 0.417 e. The van der Waals surface area contributed by atoms with Crippen molar-refractivity contribution in [1.82, 2.24) is 19.5 Å². The molecule has 11 heteroatoms. The fraction of sp³-hybridized carbons (Fsp3) is 0.368. The zero-order chi connectivity index (χ0) is 21.8. The Kier molecular flexibility index (Phi) is 4.77. The fourth-order valence-corrected chi connectivity index (χ4v) is 4.38. The van der Waals surface area contributed by atoms with E-state index in [1.165, 1.54) is 10.8 Å². The van der Waals surface area contributed by atoms with Gasteiger partial charge < -0.3 is 14.9 Å². The zero-order valence-corrected chi connectivity index (χ0v) is 17.0. The number of hydrogen-bond donors (Lipinski definition) is 1. The van der Waals surface area contributed by atoms with Gasteiger partial charge in [-0.2, -0.15) is 13.2 Å². The number of nitrogens with zero attached hydrogens (tertiary/aromatic N) is 4. The molecule has 7 nitrogen and oxygen atoms in total. The van der Waals surface area contributed by atoms with Gasteiger partial charge in [0.1, 0.15) is 11.3 Å². The predicted octanol–water partition coefficient (Wildman–Crippen LogP) is 2.69. The highest BCUT2D eigenvalue weighted by atomic mass is 32.2. The number of halogens is 3. The van der Waals surface area contributed by atoms with Crippen LogP contribution in [0.25, 0.3) is 22.7 Å². The number of aromatic nitrogens is 4. The lowest BCUT2D eigenvalue weighted by Crippen LogP contribution is -2.28. The molecule has 30 heavy (non-hydrogen) atoms. The number of imidazole rings is 1. The maximum Gasteiger partial charge on any atom is 0.417 e. The Labute approximate surface area is 172 Å². The molecule has 1 atom stereocenters. The first-order valence-corrected chi connectivity index (χ1v) is 10.5. The third-order valence-electron chi connectivity index (χ3n) is 5.38. The largest absolute Gasteiger partial charge is 0.611 e. The van der Waals surface area contributed by atoms with E-state index < -0.39 is 34.2 Å². The van der Waals surface area contributed by atoms with Crippen LogP contribution in [0.3, 0.4) is 0 Å². The number of carbonyl (C=O) groups excluding carboxylic acids is 1. The van der Waals surface area contributed by atoms with Crippen LogP contribution >= 0.6 is 0 Å². The summed E-state index contributed by atoms with van der Waals surface area (Å²) in [6.45, 7) is 1.74. The molecule has 1 aliphatic carbocycles. The molecule has 2 N–H and O–H groups in total. The van der Waals surface area contributed by atoms with Crippen LogP contribution in [-0.4, -0.2) is 35.7 Å². The van der Waals surface area contributed by atoms with E-state index >= 15 is 0 Å². The number of aryl methyl sites for hydroxylation is 1. The number of pyridine rings is 2. The fourth-order valence-electron chi connectivity index (χ4n) is 3.45. The number of alkyl halides is 3. The van der Waals surface area contributed by atoms with Gasteiger partial charge in [-0.1, -0.05) is 0 Å². The molecule has 0 spiro atoms. The SMILES string of the molecule is CC[S+]([O-])c1cc(C2(C(N)=O)CC2)cnc1-c1nc2cc(C(F)(F)F)cnc2n1C. The topological polar surface area (TPSA) is 110 Å². The van der Waals surface area contributed by atoms with E-state index in [2.05, 4.69) is 15.0 Å². The van der Waals surface area contributed by atoms with Crippen LogP contribution in [0.2, 0.25) is 0 Å². The second-order valence-electron chi connectivity index (χ2n) is 7.21. The summed E-state index contributed by atoms with van der Waals surface area (Å²) in [7, 11) is 1.60. The van der Waals surface area contributed by atoms with Crippen molar-refractivity contribution in [3.8, 4) is 11.5 Å². The molecule has 158 valence electrons. The molecule has 1 aliphatic rings. The van der Waals surface area contributed by atoms with Crippen molar-refractivity contribution in [3.63, 3.8) is 0 Å². The lowest BCUT2D eigenvalue weighted by atomic mass is 9.97. The van der Waals surface area contributed by atoms with E-state index in [1.807, 2.05) is 0 Å². The van der Waals surface area contributed by atoms with E-state index in [9.17, 15) is 22.5 Å². The van der Waals surface area contributed by atoms with Gasteiger partial charge in [0.05, 0.1) is 11.0 Å². The number of amides is 1. The maximum atomic E-state index is 13.0. The molecule has 1 fully saturated rings. The van der Waals surface area contributed by atoms with Gasteiger partial charge in [0.2, 0.25) is 5.91 Å². The molecule has 0 aromatic carbocycles. The molecular weight excluding hydrogens is 419 g/mol. The number of primary amides is 1. The second-order valence-corrected chi connectivity index (χ2v) is 8.92. The van der Waals surface area contributed by atoms with Gasteiger partial charge >= 0.3 is 6.18 Å². The molecule has 0 bridgehead atoms. The Balaban J connectivity index is 1.88. The van der Waals surface area contributed by atoms with Crippen LogP contribution < -0.4 is 5.73 Å². The third-order valence-corrected chi connectivity index (χ3v) is 6.71.